The van der Waals surface area contributed by atoms with Gasteiger partial charge in [0.2, 0.25) is 0 Å². The molecule has 4 heteroatoms. The van der Waals surface area contributed by atoms with Crippen LogP contribution in [-0.2, 0) is 14.3 Å². The van der Waals surface area contributed by atoms with Crippen LogP contribution < -0.4 is 0 Å². The van der Waals surface area contributed by atoms with Crippen LogP contribution in [0.25, 0.3) is 0 Å². The van der Waals surface area contributed by atoms with Gasteiger partial charge in [-0.05, 0) is 18.8 Å². The van der Waals surface area contributed by atoms with Crippen LogP contribution in [-0.4, -0.2) is 23.7 Å². The van der Waals surface area contributed by atoms with Gasteiger partial charge in [-0.1, -0.05) is 52.9 Å². The van der Waals surface area contributed by atoms with Crippen molar-refractivity contribution in [1.29, 1.82) is 0 Å². The molecule has 0 radical (unpaired) electrons. The molecule has 0 aromatic rings. The van der Waals surface area contributed by atoms with Gasteiger partial charge in [0.15, 0.2) is 0 Å². The molecule has 0 aromatic heterocycles. The van der Waals surface area contributed by atoms with Gasteiger partial charge >= 0.3 is 11.9 Å². The topological polar surface area (TPSA) is 63.6 Å². The Kier molecular flexibility index (Phi) is 11.1. The molecule has 1 N–H and O–H groups in total. The molecule has 0 bridgehead atoms. The third-order valence-corrected chi connectivity index (χ3v) is 3.33. The van der Waals surface area contributed by atoms with Crippen LogP contribution in [0.15, 0.2) is 0 Å². The predicted molar refractivity (Wildman–Crippen MR) is 79.5 cm³/mol. The molecule has 0 aliphatic rings. The predicted octanol–water partition coefficient (Wildman–Crippen LogP) is 4.03. The van der Waals surface area contributed by atoms with E-state index in [0.29, 0.717) is 18.9 Å². The number of aliphatic carboxylic acids is 1. The number of unbranched alkanes of at least 4 members (excludes halogenated alkanes) is 3. The van der Waals surface area contributed by atoms with Crippen molar-refractivity contribution in [2.24, 2.45) is 11.8 Å². The van der Waals surface area contributed by atoms with Crippen molar-refractivity contribution in [2.75, 3.05) is 6.61 Å². The fourth-order valence-corrected chi connectivity index (χ4v) is 2.07. The number of esters is 1. The quantitative estimate of drug-likeness (QED) is 0.434. The monoisotopic (exact) mass is 286 g/mol. The van der Waals surface area contributed by atoms with E-state index in [4.69, 9.17) is 9.84 Å². The zero-order chi connectivity index (χ0) is 15.4. The van der Waals surface area contributed by atoms with E-state index in [-0.39, 0.29) is 12.4 Å². The van der Waals surface area contributed by atoms with Gasteiger partial charge < -0.3 is 9.84 Å². The average Bonchev–Trinajstić information content (AvgIpc) is 2.36. The molecule has 0 rings (SSSR count). The molecule has 0 spiro atoms. The van der Waals surface area contributed by atoms with Crippen LogP contribution in [0, 0.1) is 11.8 Å². The molecule has 0 aliphatic carbocycles. The number of carboxylic acids is 1. The second-order valence-electron chi connectivity index (χ2n) is 5.85. The highest BCUT2D eigenvalue weighted by Gasteiger charge is 2.22. The highest BCUT2D eigenvalue weighted by Crippen LogP contribution is 2.18. The molecule has 118 valence electrons. The van der Waals surface area contributed by atoms with Crippen molar-refractivity contribution in [3.63, 3.8) is 0 Å². The van der Waals surface area contributed by atoms with Crippen LogP contribution in [0.1, 0.15) is 72.1 Å². The second kappa shape index (κ2) is 11.7. The molecule has 1 unspecified atom stereocenters. The lowest BCUT2D eigenvalue weighted by Gasteiger charge is -2.14. The lowest BCUT2D eigenvalue weighted by Crippen LogP contribution is -2.21. The summed E-state index contributed by atoms with van der Waals surface area (Å²) in [6, 6.07) is 0. The minimum absolute atomic E-state index is 0.116. The van der Waals surface area contributed by atoms with Gasteiger partial charge in [-0.25, -0.2) is 0 Å². The van der Waals surface area contributed by atoms with Gasteiger partial charge in [0.1, 0.15) is 0 Å². The molecule has 0 aliphatic heterocycles. The largest absolute Gasteiger partial charge is 0.481 e. The first-order valence-corrected chi connectivity index (χ1v) is 7.85. The van der Waals surface area contributed by atoms with Gasteiger partial charge in [0.25, 0.3) is 0 Å². The molecule has 0 aromatic carbocycles. The number of carbonyl (C=O) groups excluding carboxylic acids is 1. The van der Waals surface area contributed by atoms with Crippen molar-refractivity contribution in [3.05, 3.63) is 0 Å². The molecule has 0 amide bonds. The van der Waals surface area contributed by atoms with Gasteiger partial charge in [-0.2, -0.15) is 0 Å². The molecular formula is C16H30O4. The number of hydrogen-bond acceptors (Lipinski definition) is 3. The van der Waals surface area contributed by atoms with Crippen molar-refractivity contribution in [3.8, 4) is 0 Å². The lowest BCUT2D eigenvalue weighted by atomic mass is 9.96. The van der Waals surface area contributed by atoms with E-state index in [2.05, 4.69) is 13.8 Å². The first-order valence-electron chi connectivity index (χ1n) is 7.85. The third-order valence-electron chi connectivity index (χ3n) is 3.33. The Balaban J connectivity index is 4.00. The second-order valence-corrected chi connectivity index (χ2v) is 5.85. The first-order chi connectivity index (χ1) is 9.47. The maximum absolute atomic E-state index is 11.8. The molecule has 0 fully saturated rings. The summed E-state index contributed by atoms with van der Waals surface area (Å²) in [6.07, 6.45) is 6.58. The minimum Gasteiger partial charge on any atom is -0.481 e. The fourth-order valence-electron chi connectivity index (χ4n) is 2.07. The van der Waals surface area contributed by atoms with E-state index in [0.717, 1.165) is 32.1 Å². The molecule has 0 heterocycles. The normalized spacial score (nSPS) is 12.4. The third kappa shape index (κ3) is 10.8. The summed E-state index contributed by atoms with van der Waals surface area (Å²) >= 11 is 0. The van der Waals surface area contributed by atoms with Crippen molar-refractivity contribution < 1.29 is 19.4 Å². The summed E-state index contributed by atoms with van der Waals surface area (Å²) in [7, 11) is 0. The molecule has 0 saturated carbocycles. The standard InChI is InChI=1S/C16H30O4/c1-4-5-11-20-16(19)14(12-15(17)18)10-8-6-7-9-13(2)3/h13-14H,4-12H2,1-3H3,(H,17,18). The van der Waals surface area contributed by atoms with Crippen LogP contribution in [0.2, 0.25) is 0 Å². The van der Waals surface area contributed by atoms with Crippen LogP contribution in [0.3, 0.4) is 0 Å². The van der Waals surface area contributed by atoms with Gasteiger partial charge in [-0.3, -0.25) is 9.59 Å². The van der Waals surface area contributed by atoms with Gasteiger partial charge in [0.05, 0.1) is 18.9 Å². The lowest BCUT2D eigenvalue weighted by molar-refractivity contribution is -0.153. The van der Waals surface area contributed by atoms with Crippen molar-refractivity contribution in [1.82, 2.24) is 0 Å². The van der Waals surface area contributed by atoms with Crippen LogP contribution >= 0.6 is 0 Å². The summed E-state index contributed by atoms with van der Waals surface area (Å²) in [4.78, 5) is 22.7. The molecule has 4 nitrogen and oxygen atoms in total. The Hall–Kier alpha value is -1.06. The zero-order valence-electron chi connectivity index (χ0n) is 13.2. The maximum atomic E-state index is 11.8. The highest BCUT2D eigenvalue weighted by atomic mass is 16.5. The van der Waals surface area contributed by atoms with E-state index < -0.39 is 11.9 Å². The SMILES string of the molecule is CCCCOC(=O)C(CCCCCC(C)C)CC(=O)O. The van der Waals surface area contributed by atoms with Gasteiger partial charge in [-0.15, -0.1) is 0 Å². The summed E-state index contributed by atoms with van der Waals surface area (Å²) in [5, 5.41) is 8.87. The Morgan fingerprint density at radius 2 is 1.70 bits per heavy atom. The maximum Gasteiger partial charge on any atom is 0.309 e. The van der Waals surface area contributed by atoms with Crippen molar-refractivity contribution in [2.45, 2.75) is 72.1 Å². The zero-order valence-corrected chi connectivity index (χ0v) is 13.2. The van der Waals surface area contributed by atoms with Crippen LogP contribution in [0.4, 0.5) is 0 Å². The Morgan fingerprint density at radius 1 is 1.05 bits per heavy atom. The highest BCUT2D eigenvalue weighted by molar-refractivity contribution is 5.79. The van der Waals surface area contributed by atoms with E-state index >= 15 is 0 Å². The summed E-state index contributed by atoms with van der Waals surface area (Å²) < 4.78 is 5.14. The van der Waals surface area contributed by atoms with E-state index in [1.165, 1.54) is 6.42 Å². The number of rotatable bonds is 12. The number of carboxylic acid groups (broad SMARTS) is 1. The first kappa shape index (κ1) is 18.9. The number of carbonyl (C=O) groups is 2. The van der Waals surface area contributed by atoms with Gasteiger partial charge in [0, 0.05) is 0 Å². The van der Waals surface area contributed by atoms with E-state index in [1.54, 1.807) is 0 Å². The fraction of sp³-hybridized carbons (Fsp3) is 0.875. The Labute approximate surface area is 122 Å². The summed E-state index contributed by atoms with van der Waals surface area (Å²) in [5.74, 6) is -1.05. The van der Waals surface area contributed by atoms with Crippen molar-refractivity contribution >= 4 is 11.9 Å². The number of ether oxygens (including phenoxy) is 1. The van der Waals surface area contributed by atoms with E-state index in [9.17, 15) is 9.59 Å². The molecular weight excluding hydrogens is 256 g/mol. The average molecular weight is 286 g/mol. The number of hydrogen-bond donors (Lipinski definition) is 1. The molecule has 1 atom stereocenters. The van der Waals surface area contributed by atoms with Crippen LogP contribution in [0.5, 0.6) is 0 Å². The summed E-state index contributed by atoms with van der Waals surface area (Å²) in [6.45, 7) is 6.81. The Morgan fingerprint density at radius 3 is 2.25 bits per heavy atom. The molecule has 0 saturated heterocycles. The molecule has 20 heavy (non-hydrogen) atoms. The Bertz CT molecular complexity index is 274. The van der Waals surface area contributed by atoms with E-state index in [1.807, 2.05) is 6.92 Å². The summed E-state index contributed by atoms with van der Waals surface area (Å²) in [5.41, 5.74) is 0. The minimum atomic E-state index is -0.926. The smallest absolute Gasteiger partial charge is 0.309 e.